The van der Waals surface area contributed by atoms with Gasteiger partial charge >= 0.3 is 5.97 Å². The average Bonchev–Trinajstić information content (AvgIpc) is 2.31. The molecule has 1 N–H and O–H groups in total. The zero-order chi connectivity index (χ0) is 14.3. The molecule has 0 aromatic heterocycles. The predicted octanol–water partition coefficient (Wildman–Crippen LogP) is 1.61. The largest absolute Gasteiger partial charge is 0.480 e. The maximum absolute atomic E-state index is 11.5. The highest BCUT2D eigenvalue weighted by atomic mass is 16.5. The number of carbonyl (C=O) groups is 1. The number of rotatable bonds is 8. The van der Waals surface area contributed by atoms with Crippen LogP contribution in [0.1, 0.15) is 33.1 Å². The fourth-order valence-corrected chi connectivity index (χ4v) is 2.84. The quantitative estimate of drug-likeness (QED) is 0.681. The van der Waals surface area contributed by atoms with E-state index in [1.54, 1.807) is 7.11 Å². The van der Waals surface area contributed by atoms with Gasteiger partial charge in [-0.2, -0.15) is 0 Å². The molecule has 0 saturated carbocycles. The van der Waals surface area contributed by atoms with Crippen molar-refractivity contribution in [2.45, 2.75) is 39.2 Å². The normalized spacial score (nSPS) is 23.4. The number of nitrogens with zero attached hydrogens (tertiary/aromatic N) is 1. The summed E-state index contributed by atoms with van der Waals surface area (Å²) >= 11 is 0. The lowest BCUT2D eigenvalue weighted by Gasteiger charge is -2.44. The highest BCUT2D eigenvalue weighted by molar-refractivity contribution is 5.74. The van der Waals surface area contributed by atoms with Crippen molar-refractivity contribution in [1.82, 2.24) is 4.90 Å². The molecule has 1 aliphatic rings. The van der Waals surface area contributed by atoms with Crippen LogP contribution in [-0.4, -0.2) is 62.0 Å². The topological polar surface area (TPSA) is 59.0 Å². The first-order chi connectivity index (χ1) is 8.99. The number of methoxy groups -OCH3 is 1. The summed E-state index contributed by atoms with van der Waals surface area (Å²) in [6, 6.07) is -0.375. The number of carboxylic acids is 1. The fraction of sp³-hybridized carbons (Fsp3) is 0.929. The molecule has 1 unspecified atom stereocenters. The van der Waals surface area contributed by atoms with Gasteiger partial charge in [0.15, 0.2) is 0 Å². The highest BCUT2D eigenvalue weighted by Crippen LogP contribution is 2.35. The molecule has 112 valence electrons. The Morgan fingerprint density at radius 1 is 1.37 bits per heavy atom. The summed E-state index contributed by atoms with van der Waals surface area (Å²) in [5.74, 6) is -0.704. The number of hydrogen-bond donors (Lipinski definition) is 1. The van der Waals surface area contributed by atoms with Crippen LogP contribution in [0.5, 0.6) is 0 Å². The molecule has 19 heavy (non-hydrogen) atoms. The van der Waals surface area contributed by atoms with Gasteiger partial charge in [0, 0.05) is 20.3 Å². The Labute approximate surface area is 115 Å². The van der Waals surface area contributed by atoms with E-state index in [-0.39, 0.29) is 11.5 Å². The maximum Gasteiger partial charge on any atom is 0.321 e. The molecule has 0 aliphatic carbocycles. The Bertz CT molecular complexity index is 281. The second kappa shape index (κ2) is 7.82. The van der Waals surface area contributed by atoms with Gasteiger partial charge in [0.1, 0.15) is 6.04 Å². The van der Waals surface area contributed by atoms with Crippen molar-refractivity contribution in [3.63, 3.8) is 0 Å². The molecule has 5 heteroatoms. The predicted molar refractivity (Wildman–Crippen MR) is 73.3 cm³/mol. The number of carboxylic acid groups (broad SMARTS) is 1. The Morgan fingerprint density at radius 2 is 2.11 bits per heavy atom. The molecule has 1 atom stereocenters. The van der Waals surface area contributed by atoms with Gasteiger partial charge in [-0.25, -0.2) is 0 Å². The van der Waals surface area contributed by atoms with E-state index in [0.29, 0.717) is 19.8 Å². The van der Waals surface area contributed by atoms with Crippen LogP contribution in [0.4, 0.5) is 0 Å². The number of hydrogen-bond acceptors (Lipinski definition) is 4. The summed E-state index contributed by atoms with van der Waals surface area (Å²) in [5.41, 5.74) is -0.152. The number of likely N-dealkylation sites (tertiary alicyclic amines) is 1. The minimum Gasteiger partial charge on any atom is -0.480 e. The third-order valence-corrected chi connectivity index (χ3v) is 3.77. The number of ether oxygens (including phenoxy) is 2. The molecule has 0 aromatic carbocycles. The van der Waals surface area contributed by atoms with Gasteiger partial charge in [-0.3, -0.25) is 9.69 Å². The molecule has 0 spiro atoms. The van der Waals surface area contributed by atoms with Gasteiger partial charge in [-0.15, -0.1) is 0 Å². The van der Waals surface area contributed by atoms with Crippen molar-refractivity contribution in [2.24, 2.45) is 5.41 Å². The molecule has 1 saturated heterocycles. The SMILES string of the molecule is COCCOCCCN1CCCC(C)(C)C1C(=O)O. The summed E-state index contributed by atoms with van der Waals surface area (Å²) in [5, 5.41) is 9.43. The molecular formula is C14H27NO4. The summed E-state index contributed by atoms with van der Waals surface area (Å²) in [4.78, 5) is 13.6. The minimum atomic E-state index is -0.704. The van der Waals surface area contributed by atoms with E-state index in [0.717, 1.165) is 32.4 Å². The van der Waals surface area contributed by atoms with Crippen LogP contribution in [0.15, 0.2) is 0 Å². The average molecular weight is 273 g/mol. The number of piperidine rings is 1. The van der Waals surface area contributed by atoms with Crippen molar-refractivity contribution in [3.8, 4) is 0 Å². The van der Waals surface area contributed by atoms with Crippen LogP contribution < -0.4 is 0 Å². The number of aliphatic carboxylic acids is 1. The second-order valence-corrected chi connectivity index (χ2v) is 5.83. The first-order valence-electron chi connectivity index (χ1n) is 7.02. The van der Waals surface area contributed by atoms with Crippen LogP contribution in [0.3, 0.4) is 0 Å². The van der Waals surface area contributed by atoms with Gasteiger partial charge in [0.25, 0.3) is 0 Å². The molecule has 0 bridgehead atoms. The summed E-state index contributed by atoms with van der Waals surface area (Å²) in [6.45, 7) is 7.62. The Balaban J connectivity index is 2.36. The smallest absolute Gasteiger partial charge is 0.321 e. The first-order valence-corrected chi connectivity index (χ1v) is 7.02. The minimum absolute atomic E-state index is 0.152. The summed E-state index contributed by atoms with van der Waals surface area (Å²) < 4.78 is 10.3. The lowest BCUT2D eigenvalue weighted by atomic mass is 9.76. The van der Waals surface area contributed by atoms with Crippen LogP contribution in [0, 0.1) is 5.41 Å². The molecule has 1 rings (SSSR count). The summed E-state index contributed by atoms with van der Waals surface area (Å²) in [6.07, 6.45) is 2.91. The molecule has 0 aromatic rings. The van der Waals surface area contributed by atoms with Crippen LogP contribution in [0.2, 0.25) is 0 Å². The Hall–Kier alpha value is -0.650. The zero-order valence-electron chi connectivity index (χ0n) is 12.4. The van der Waals surface area contributed by atoms with E-state index >= 15 is 0 Å². The Morgan fingerprint density at radius 3 is 2.74 bits per heavy atom. The molecule has 0 radical (unpaired) electrons. The van der Waals surface area contributed by atoms with Crippen LogP contribution in [-0.2, 0) is 14.3 Å². The fourth-order valence-electron chi connectivity index (χ4n) is 2.84. The standard InChI is InChI=1S/C14H27NO4/c1-14(2)6-4-7-15(12(14)13(16)17)8-5-9-19-11-10-18-3/h12H,4-11H2,1-3H3,(H,16,17). The van der Waals surface area contributed by atoms with E-state index < -0.39 is 5.97 Å². The summed E-state index contributed by atoms with van der Waals surface area (Å²) in [7, 11) is 1.65. The third-order valence-electron chi connectivity index (χ3n) is 3.77. The van der Waals surface area contributed by atoms with Crippen LogP contribution in [0.25, 0.3) is 0 Å². The van der Waals surface area contributed by atoms with E-state index in [1.807, 2.05) is 13.8 Å². The molecule has 5 nitrogen and oxygen atoms in total. The molecule has 1 fully saturated rings. The van der Waals surface area contributed by atoms with Gasteiger partial charge in [0.05, 0.1) is 13.2 Å². The molecular weight excluding hydrogens is 246 g/mol. The lowest BCUT2D eigenvalue weighted by Crippen LogP contribution is -2.54. The van der Waals surface area contributed by atoms with Gasteiger partial charge in [-0.1, -0.05) is 13.8 Å². The van der Waals surface area contributed by atoms with Crippen molar-refractivity contribution in [2.75, 3.05) is 40.0 Å². The Kier molecular flexibility index (Phi) is 6.75. The van der Waals surface area contributed by atoms with E-state index in [2.05, 4.69) is 4.90 Å². The third kappa shape index (κ3) is 5.09. The lowest BCUT2D eigenvalue weighted by molar-refractivity contribution is -0.150. The van der Waals surface area contributed by atoms with Crippen molar-refractivity contribution >= 4 is 5.97 Å². The van der Waals surface area contributed by atoms with Crippen LogP contribution >= 0.6 is 0 Å². The van der Waals surface area contributed by atoms with Crippen molar-refractivity contribution in [3.05, 3.63) is 0 Å². The second-order valence-electron chi connectivity index (χ2n) is 5.83. The monoisotopic (exact) mass is 273 g/mol. The molecule has 1 heterocycles. The highest BCUT2D eigenvalue weighted by Gasteiger charge is 2.41. The maximum atomic E-state index is 11.5. The van der Waals surface area contributed by atoms with Crippen molar-refractivity contribution in [1.29, 1.82) is 0 Å². The van der Waals surface area contributed by atoms with Gasteiger partial charge in [-0.05, 0) is 31.2 Å². The van der Waals surface area contributed by atoms with Crippen molar-refractivity contribution < 1.29 is 19.4 Å². The van der Waals surface area contributed by atoms with E-state index in [9.17, 15) is 9.90 Å². The van der Waals surface area contributed by atoms with E-state index in [1.165, 1.54) is 0 Å². The molecule has 0 amide bonds. The zero-order valence-corrected chi connectivity index (χ0v) is 12.4. The van der Waals surface area contributed by atoms with Gasteiger partial charge in [0.2, 0.25) is 0 Å². The first kappa shape index (κ1) is 16.4. The van der Waals surface area contributed by atoms with E-state index in [4.69, 9.17) is 9.47 Å². The molecule has 1 aliphatic heterocycles. The van der Waals surface area contributed by atoms with Gasteiger partial charge < -0.3 is 14.6 Å².